The molecule has 0 N–H and O–H groups in total. The molecule has 0 bridgehead atoms. The van der Waals surface area contributed by atoms with Gasteiger partial charge in [-0.15, -0.1) is 0 Å². The van der Waals surface area contributed by atoms with E-state index in [1.165, 1.54) is 32.4 Å². The predicted molar refractivity (Wildman–Crippen MR) is 94.2 cm³/mol. The minimum absolute atomic E-state index is 0.523. The Labute approximate surface area is 143 Å². The van der Waals surface area contributed by atoms with Crippen LogP contribution in [0, 0.1) is 0 Å². The topological polar surface area (TPSA) is 41.5 Å². The van der Waals surface area contributed by atoms with Gasteiger partial charge in [0.25, 0.3) is 0 Å². The first-order chi connectivity index (χ1) is 11.9. The lowest BCUT2D eigenvalue weighted by molar-refractivity contribution is 0.272. The van der Waals surface area contributed by atoms with Crippen molar-refractivity contribution >= 4 is 5.82 Å². The first-order valence-electron chi connectivity index (χ1n) is 8.86. The van der Waals surface area contributed by atoms with Crippen molar-refractivity contribution in [3.63, 3.8) is 0 Å². The third kappa shape index (κ3) is 3.51. The van der Waals surface area contributed by atoms with Gasteiger partial charge in [0.2, 0.25) is 5.88 Å². The summed E-state index contributed by atoms with van der Waals surface area (Å²) >= 11 is 0. The molecule has 0 amide bonds. The maximum Gasteiger partial charge on any atom is 0.234 e. The second kappa shape index (κ2) is 7.18. The van der Waals surface area contributed by atoms with Crippen LogP contribution in [0.1, 0.15) is 24.8 Å². The summed E-state index contributed by atoms with van der Waals surface area (Å²) in [6.07, 6.45) is 7.37. The van der Waals surface area contributed by atoms with Gasteiger partial charge >= 0.3 is 0 Å². The Balaban J connectivity index is 1.44. The fraction of sp³-hybridized carbons (Fsp3) is 0.474. The third-order valence-electron chi connectivity index (χ3n) is 4.96. The molecule has 0 radical (unpaired) electrons. The van der Waals surface area contributed by atoms with E-state index in [1.54, 1.807) is 6.20 Å². The minimum Gasteiger partial charge on any atom is -0.472 e. The third-order valence-corrected chi connectivity index (χ3v) is 4.96. The number of rotatable bonds is 4. The summed E-state index contributed by atoms with van der Waals surface area (Å²) in [5, 5.41) is 0. The highest BCUT2D eigenvalue weighted by atomic mass is 16.5. The van der Waals surface area contributed by atoms with Gasteiger partial charge in [-0.2, -0.15) is 4.98 Å². The summed E-state index contributed by atoms with van der Waals surface area (Å²) in [5.41, 5.74) is 1.14. The van der Waals surface area contributed by atoms with E-state index < -0.39 is 0 Å². The Morgan fingerprint density at radius 1 is 1.04 bits per heavy atom. The molecule has 5 heteroatoms. The Morgan fingerprint density at radius 3 is 2.83 bits per heavy atom. The number of anilines is 1. The van der Waals surface area contributed by atoms with Gasteiger partial charge < -0.3 is 9.64 Å². The van der Waals surface area contributed by atoms with Crippen molar-refractivity contribution in [1.82, 2.24) is 14.9 Å². The van der Waals surface area contributed by atoms with Crippen LogP contribution in [0.25, 0.3) is 0 Å². The smallest absolute Gasteiger partial charge is 0.234 e. The van der Waals surface area contributed by atoms with E-state index in [-0.39, 0.29) is 0 Å². The van der Waals surface area contributed by atoms with Gasteiger partial charge in [0.05, 0.1) is 12.4 Å². The van der Waals surface area contributed by atoms with Gasteiger partial charge in [-0.3, -0.25) is 9.88 Å². The molecule has 2 aliphatic rings. The second-order valence-electron chi connectivity index (χ2n) is 6.62. The molecule has 0 saturated carbocycles. The van der Waals surface area contributed by atoms with E-state index in [4.69, 9.17) is 9.72 Å². The van der Waals surface area contributed by atoms with Gasteiger partial charge in [0, 0.05) is 25.7 Å². The zero-order valence-corrected chi connectivity index (χ0v) is 14.0. The Kier molecular flexibility index (Phi) is 4.60. The van der Waals surface area contributed by atoms with Crippen molar-refractivity contribution in [3.05, 3.63) is 48.3 Å². The number of nitrogens with zero attached hydrogens (tertiary/aromatic N) is 4. The molecular weight excluding hydrogens is 300 g/mol. The Bertz CT molecular complexity index is 663. The Morgan fingerprint density at radius 2 is 1.92 bits per heavy atom. The van der Waals surface area contributed by atoms with Gasteiger partial charge in [-0.05, 0) is 31.4 Å². The van der Waals surface area contributed by atoms with E-state index in [9.17, 15) is 0 Å². The van der Waals surface area contributed by atoms with Crippen LogP contribution in [-0.2, 0) is 6.61 Å². The van der Waals surface area contributed by atoms with Crippen LogP contribution in [0.3, 0.4) is 0 Å². The largest absolute Gasteiger partial charge is 0.472 e. The van der Waals surface area contributed by atoms with Gasteiger partial charge in [-0.1, -0.05) is 30.3 Å². The highest BCUT2D eigenvalue weighted by molar-refractivity contribution is 5.38. The SMILES string of the molecule is c1ccc(COc2cncc(N3CCCN4CCC[C@@H]4C3)n2)cc1. The number of fused-ring (bicyclic) bond motifs is 1. The molecule has 2 saturated heterocycles. The van der Waals surface area contributed by atoms with Crippen molar-refractivity contribution in [2.75, 3.05) is 31.1 Å². The van der Waals surface area contributed by atoms with Crippen LogP contribution in [0.4, 0.5) is 5.82 Å². The summed E-state index contributed by atoms with van der Waals surface area (Å²) in [7, 11) is 0. The van der Waals surface area contributed by atoms with Gasteiger partial charge in [0.15, 0.2) is 5.82 Å². The molecule has 1 atom stereocenters. The molecule has 2 aliphatic heterocycles. The minimum atomic E-state index is 0.523. The van der Waals surface area contributed by atoms with Crippen LogP contribution >= 0.6 is 0 Å². The van der Waals surface area contributed by atoms with Gasteiger partial charge in [0.1, 0.15) is 6.61 Å². The molecule has 24 heavy (non-hydrogen) atoms. The Hall–Kier alpha value is -2.14. The van der Waals surface area contributed by atoms with Crippen LogP contribution in [0.5, 0.6) is 5.88 Å². The predicted octanol–water partition coefficient (Wildman–Crippen LogP) is 2.73. The van der Waals surface area contributed by atoms with E-state index in [0.29, 0.717) is 18.5 Å². The molecule has 0 unspecified atom stereocenters. The number of aromatic nitrogens is 2. The average molecular weight is 324 g/mol. The lowest BCUT2D eigenvalue weighted by Crippen LogP contribution is -2.37. The molecule has 0 aliphatic carbocycles. The molecule has 1 aromatic heterocycles. The molecule has 2 aromatic rings. The molecule has 5 nitrogen and oxygen atoms in total. The fourth-order valence-electron chi connectivity index (χ4n) is 3.71. The lowest BCUT2D eigenvalue weighted by Gasteiger charge is -2.26. The molecular formula is C19H24N4O. The van der Waals surface area contributed by atoms with Crippen LogP contribution in [-0.4, -0.2) is 47.1 Å². The zero-order chi connectivity index (χ0) is 16.2. The molecule has 3 heterocycles. The van der Waals surface area contributed by atoms with E-state index >= 15 is 0 Å². The fourth-order valence-corrected chi connectivity index (χ4v) is 3.71. The molecule has 0 spiro atoms. The maximum atomic E-state index is 5.83. The van der Waals surface area contributed by atoms with E-state index in [0.717, 1.165) is 24.5 Å². The second-order valence-corrected chi connectivity index (χ2v) is 6.62. The van der Waals surface area contributed by atoms with Crippen molar-refractivity contribution in [2.24, 2.45) is 0 Å². The molecule has 126 valence electrons. The average Bonchev–Trinajstić information content (AvgIpc) is 2.98. The summed E-state index contributed by atoms with van der Waals surface area (Å²) in [5.74, 6) is 1.54. The first kappa shape index (κ1) is 15.4. The summed E-state index contributed by atoms with van der Waals surface area (Å²) < 4.78 is 5.83. The molecule has 2 fully saturated rings. The molecule has 1 aromatic carbocycles. The highest BCUT2D eigenvalue weighted by Crippen LogP contribution is 2.24. The standard InChI is InChI=1S/C19H24N4O/c1-2-6-16(7-3-1)15-24-19-13-20-12-18(21-19)23-11-5-10-22-9-4-8-17(22)14-23/h1-3,6-7,12-13,17H,4-5,8-11,14-15H2/t17-/m1/s1. The zero-order valence-electron chi connectivity index (χ0n) is 14.0. The lowest BCUT2D eigenvalue weighted by atomic mass is 10.2. The summed E-state index contributed by atoms with van der Waals surface area (Å²) in [6, 6.07) is 10.8. The monoisotopic (exact) mass is 324 g/mol. The van der Waals surface area contributed by atoms with E-state index in [2.05, 4.69) is 26.9 Å². The number of ether oxygens (including phenoxy) is 1. The normalized spacial score (nSPS) is 21.3. The van der Waals surface area contributed by atoms with Crippen molar-refractivity contribution < 1.29 is 4.74 Å². The molecule has 4 rings (SSSR count). The first-order valence-corrected chi connectivity index (χ1v) is 8.86. The maximum absolute atomic E-state index is 5.83. The number of benzene rings is 1. The quantitative estimate of drug-likeness (QED) is 0.865. The number of hydrogen-bond donors (Lipinski definition) is 0. The van der Waals surface area contributed by atoms with Crippen molar-refractivity contribution in [3.8, 4) is 5.88 Å². The van der Waals surface area contributed by atoms with Crippen LogP contribution < -0.4 is 9.64 Å². The number of hydrogen-bond acceptors (Lipinski definition) is 5. The summed E-state index contributed by atoms with van der Waals surface area (Å²) in [4.78, 5) is 14.0. The van der Waals surface area contributed by atoms with E-state index in [1.807, 2.05) is 24.4 Å². The van der Waals surface area contributed by atoms with Crippen LogP contribution in [0.15, 0.2) is 42.7 Å². The van der Waals surface area contributed by atoms with Crippen LogP contribution in [0.2, 0.25) is 0 Å². The van der Waals surface area contributed by atoms with Crippen molar-refractivity contribution in [2.45, 2.75) is 31.9 Å². The summed E-state index contributed by atoms with van der Waals surface area (Å²) in [6.45, 7) is 5.08. The van der Waals surface area contributed by atoms with Crippen molar-refractivity contribution in [1.29, 1.82) is 0 Å². The highest BCUT2D eigenvalue weighted by Gasteiger charge is 2.29. The van der Waals surface area contributed by atoms with Gasteiger partial charge in [-0.25, -0.2) is 0 Å².